The molecule has 1 unspecified atom stereocenters. The second-order valence-electron chi connectivity index (χ2n) is 5.01. The van der Waals surface area contributed by atoms with Gasteiger partial charge in [-0.1, -0.05) is 0 Å². The number of carbonyl (C=O) groups is 2. The third-order valence-corrected chi connectivity index (χ3v) is 3.14. The lowest BCUT2D eigenvalue weighted by molar-refractivity contribution is -0.145. The number of aliphatic carboxylic acids is 1. The van der Waals surface area contributed by atoms with Crippen molar-refractivity contribution in [2.75, 3.05) is 13.7 Å². The molecule has 1 fully saturated rings. The summed E-state index contributed by atoms with van der Waals surface area (Å²) in [4.78, 5) is 23.2. The first-order valence-electron chi connectivity index (χ1n) is 6.06. The molecular weight excluding hydrogens is 250 g/mol. The van der Waals surface area contributed by atoms with Crippen molar-refractivity contribution in [2.24, 2.45) is 0 Å². The van der Waals surface area contributed by atoms with E-state index in [1.54, 1.807) is 6.07 Å². The Morgan fingerprint density at radius 1 is 1.63 bits per heavy atom. The number of aromatic amines is 1. The molecule has 1 aromatic rings. The van der Waals surface area contributed by atoms with Crippen LogP contribution < -0.4 is 5.32 Å². The SMILES string of the molecule is COCC(C)(NC(=O)c1cc(C2CC2)[nH]n1)C(=O)O. The molecule has 1 aliphatic rings. The van der Waals surface area contributed by atoms with Crippen molar-refractivity contribution in [1.29, 1.82) is 0 Å². The van der Waals surface area contributed by atoms with Crippen LogP contribution in [0.15, 0.2) is 6.07 Å². The quantitative estimate of drug-likeness (QED) is 0.696. The highest BCUT2D eigenvalue weighted by Gasteiger charge is 2.36. The maximum Gasteiger partial charge on any atom is 0.331 e. The Bertz CT molecular complexity index is 495. The highest BCUT2D eigenvalue weighted by atomic mass is 16.5. The number of carbonyl (C=O) groups excluding carboxylic acids is 1. The summed E-state index contributed by atoms with van der Waals surface area (Å²) in [6, 6.07) is 1.67. The van der Waals surface area contributed by atoms with Crippen LogP contribution in [0.2, 0.25) is 0 Å². The van der Waals surface area contributed by atoms with Crippen LogP contribution in [0, 0.1) is 0 Å². The van der Waals surface area contributed by atoms with Gasteiger partial charge in [0.15, 0.2) is 5.54 Å². The zero-order chi connectivity index (χ0) is 14.0. The number of nitrogens with one attached hydrogen (secondary N) is 2. The van der Waals surface area contributed by atoms with Gasteiger partial charge in [-0.3, -0.25) is 9.89 Å². The van der Waals surface area contributed by atoms with Crippen molar-refractivity contribution in [2.45, 2.75) is 31.2 Å². The zero-order valence-corrected chi connectivity index (χ0v) is 10.9. The third kappa shape index (κ3) is 2.93. The van der Waals surface area contributed by atoms with Crippen LogP contribution in [-0.4, -0.2) is 46.4 Å². The number of hydrogen-bond acceptors (Lipinski definition) is 4. The summed E-state index contributed by atoms with van der Waals surface area (Å²) in [5.41, 5.74) is -0.343. The number of amides is 1. The van der Waals surface area contributed by atoms with E-state index in [0.717, 1.165) is 18.5 Å². The lowest BCUT2D eigenvalue weighted by Gasteiger charge is -2.24. The zero-order valence-electron chi connectivity index (χ0n) is 10.9. The first kappa shape index (κ1) is 13.5. The first-order valence-corrected chi connectivity index (χ1v) is 6.06. The van der Waals surface area contributed by atoms with E-state index in [-0.39, 0.29) is 12.3 Å². The molecule has 3 N–H and O–H groups in total. The van der Waals surface area contributed by atoms with E-state index in [4.69, 9.17) is 9.84 Å². The summed E-state index contributed by atoms with van der Waals surface area (Å²) in [6.07, 6.45) is 2.19. The molecule has 0 bridgehead atoms. The number of nitrogens with zero attached hydrogens (tertiary/aromatic N) is 1. The van der Waals surface area contributed by atoms with Crippen molar-refractivity contribution in [3.05, 3.63) is 17.5 Å². The fourth-order valence-corrected chi connectivity index (χ4v) is 1.81. The molecular formula is C12H17N3O4. The van der Waals surface area contributed by atoms with Gasteiger partial charge >= 0.3 is 5.97 Å². The number of ether oxygens (including phenoxy) is 1. The second kappa shape index (κ2) is 5.00. The molecule has 7 heteroatoms. The van der Waals surface area contributed by atoms with Crippen LogP contribution in [0.1, 0.15) is 41.9 Å². The van der Waals surface area contributed by atoms with E-state index in [1.807, 2.05) is 0 Å². The monoisotopic (exact) mass is 267 g/mol. The van der Waals surface area contributed by atoms with Gasteiger partial charge in [0.1, 0.15) is 5.69 Å². The number of rotatable bonds is 6. The molecule has 0 saturated heterocycles. The van der Waals surface area contributed by atoms with Crippen molar-refractivity contribution in [3.63, 3.8) is 0 Å². The lowest BCUT2D eigenvalue weighted by Crippen LogP contribution is -2.55. The fraction of sp³-hybridized carbons (Fsp3) is 0.583. The minimum atomic E-state index is -1.47. The number of methoxy groups -OCH3 is 1. The topological polar surface area (TPSA) is 104 Å². The average molecular weight is 267 g/mol. The van der Waals surface area contributed by atoms with Gasteiger partial charge in [0.25, 0.3) is 5.91 Å². The molecule has 0 radical (unpaired) electrons. The van der Waals surface area contributed by atoms with Crippen molar-refractivity contribution < 1.29 is 19.4 Å². The molecule has 104 valence electrons. The normalized spacial score (nSPS) is 17.8. The lowest BCUT2D eigenvalue weighted by atomic mass is 10.0. The number of carboxylic acids is 1. The standard InChI is InChI=1S/C12H17N3O4/c1-12(6-19-2,11(17)18)13-10(16)9-5-8(14-15-9)7-3-4-7/h5,7H,3-4,6H2,1-2H3,(H,13,16)(H,14,15)(H,17,18). The number of H-pyrrole nitrogens is 1. The summed E-state index contributed by atoms with van der Waals surface area (Å²) in [5.74, 6) is -1.22. The summed E-state index contributed by atoms with van der Waals surface area (Å²) in [5, 5.41) is 18.3. The van der Waals surface area contributed by atoms with Gasteiger partial charge in [0, 0.05) is 18.7 Å². The van der Waals surface area contributed by atoms with E-state index >= 15 is 0 Å². The predicted octanol–water partition coefficient (Wildman–Crippen LogP) is 0.507. The highest BCUT2D eigenvalue weighted by molar-refractivity contribution is 5.96. The third-order valence-electron chi connectivity index (χ3n) is 3.14. The fourth-order valence-electron chi connectivity index (χ4n) is 1.81. The molecule has 1 aromatic heterocycles. The van der Waals surface area contributed by atoms with Gasteiger partial charge in [-0.05, 0) is 25.8 Å². The van der Waals surface area contributed by atoms with Crippen LogP contribution in [0.5, 0.6) is 0 Å². The van der Waals surface area contributed by atoms with E-state index in [0.29, 0.717) is 5.92 Å². The maximum atomic E-state index is 12.0. The largest absolute Gasteiger partial charge is 0.479 e. The van der Waals surface area contributed by atoms with E-state index < -0.39 is 17.4 Å². The van der Waals surface area contributed by atoms with Gasteiger partial charge in [-0.15, -0.1) is 0 Å². The Labute approximate surface area is 110 Å². The van der Waals surface area contributed by atoms with Crippen LogP contribution >= 0.6 is 0 Å². The number of hydrogen-bond donors (Lipinski definition) is 3. The van der Waals surface area contributed by atoms with Crippen molar-refractivity contribution in [3.8, 4) is 0 Å². The molecule has 0 spiro atoms. The highest BCUT2D eigenvalue weighted by Crippen LogP contribution is 2.38. The molecule has 0 aliphatic heterocycles. The number of aromatic nitrogens is 2. The Balaban J connectivity index is 2.07. The van der Waals surface area contributed by atoms with Gasteiger partial charge < -0.3 is 15.2 Å². The molecule has 7 nitrogen and oxygen atoms in total. The minimum absolute atomic E-state index is 0.117. The summed E-state index contributed by atoms with van der Waals surface area (Å²) < 4.78 is 4.83. The second-order valence-corrected chi connectivity index (χ2v) is 5.01. The average Bonchev–Trinajstić information content (AvgIpc) is 3.07. The Hall–Kier alpha value is -1.89. The molecule has 19 heavy (non-hydrogen) atoms. The Kier molecular flexibility index (Phi) is 3.57. The Morgan fingerprint density at radius 2 is 2.32 bits per heavy atom. The maximum absolute atomic E-state index is 12.0. The van der Waals surface area contributed by atoms with Gasteiger partial charge in [-0.25, -0.2) is 4.79 Å². The van der Waals surface area contributed by atoms with Crippen molar-refractivity contribution in [1.82, 2.24) is 15.5 Å². The molecule has 2 rings (SSSR count). The Morgan fingerprint density at radius 3 is 2.84 bits per heavy atom. The van der Waals surface area contributed by atoms with Crippen LogP contribution in [0.25, 0.3) is 0 Å². The molecule has 0 aromatic carbocycles. The summed E-state index contributed by atoms with van der Waals surface area (Å²) >= 11 is 0. The minimum Gasteiger partial charge on any atom is -0.479 e. The van der Waals surface area contributed by atoms with Gasteiger partial charge in [0.2, 0.25) is 0 Å². The van der Waals surface area contributed by atoms with Gasteiger partial charge in [-0.2, -0.15) is 5.10 Å². The molecule has 1 heterocycles. The number of carboxylic acid groups (broad SMARTS) is 1. The van der Waals surface area contributed by atoms with E-state index in [2.05, 4.69) is 15.5 Å². The van der Waals surface area contributed by atoms with E-state index in [1.165, 1.54) is 14.0 Å². The van der Waals surface area contributed by atoms with E-state index in [9.17, 15) is 9.59 Å². The molecule has 1 aliphatic carbocycles. The molecule has 1 saturated carbocycles. The predicted molar refractivity (Wildman–Crippen MR) is 65.9 cm³/mol. The van der Waals surface area contributed by atoms with Crippen LogP contribution in [0.4, 0.5) is 0 Å². The van der Waals surface area contributed by atoms with Crippen LogP contribution in [0.3, 0.4) is 0 Å². The summed E-state index contributed by atoms with van der Waals surface area (Å²) in [6.45, 7) is 1.28. The van der Waals surface area contributed by atoms with Crippen molar-refractivity contribution >= 4 is 11.9 Å². The molecule has 1 amide bonds. The summed E-state index contributed by atoms with van der Waals surface area (Å²) in [7, 11) is 1.38. The molecule has 1 atom stereocenters. The van der Waals surface area contributed by atoms with Gasteiger partial charge in [0.05, 0.1) is 6.61 Å². The first-order chi connectivity index (χ1) is 8.96. The van der Waals surface area contributed by atoms with Crippen LogP contribution in [-0.2, 0) is 9.53 Å². The smallest absolute Gasteiger partial charge is 0.331 e.